The van der Waals surface area contributed by atoms with Gasteiger partial charge < -0.3 is 9.64 Å². The molecule has 1 aromatic carbocycles. The Labute approximate surface area is 142 Å². The lowest BCUT2D eigenvalue weighted by atomic mass is 10.1. The van der Waals surface area contributed by atoms with E-state index in [0.717, 1.165) is 12.1 Å². The summed E-state index contributed by atoms with van der Waals surface area (Å²) in [6.45, 7) is 3.09. The molecular weight excluding hydrogens is 332 g/mol. The van der Waals surface area contributed by atoms with Crippen LogP contribution in [0.4, 0.5) is 8.78 Å². The SMILES string of the molecule is CCN1CC(COC(=O)c2cn[nH]c2-c2c(F)cccc2F)CC1=O. The lowest BCUT2D eigenvalue weighted by molar-refractivity contribution is -0.127. The lowest BCUT2D eigenvalue weighted by Crippen LogP contribution is -2.25. The normalized spacial score (nSPS) is 17.2. The van der Waals surface area contributed by atoms with E-state index in [2.05, 4.69) is 10.2 Å². The van der Waals surface area contributed by atoms with Crippen LogP contribution in [-0.4, -0.2) is 46.7 Å². The number of hydrogen-bond acceptors (Lipinski definition) is 4. The van der Waals surface area contributed by atoms with Crippen LogP contribution in [0.2, 0.25) is 0 Å². The minimum absolute atomic E-state index is 0.0287. The van der Waals surface area contributed by atoms with E-state index in [1.807, 2.05) is 6.92 Å². The van der Waals surface area contributed by atoms with Crippen LogP contribution in [0.15, 0.2) is 24.4 Å². The van der Waals surface area contributed by atoms with Crippen LogP contribution in [0.25, 0.3) is 11.3 Å². The number of likely N-dealkylation sites (tertiary alicyclic amines) is 1. The van der Waals surface area contributed by atoms with Gasteiger partial charge in [-0.3, -0.25) is 9.89 Å². The van der Waals surface area contributed by atoms with Crippen LogP contribution in [0.5, 0.6) is 0 Å². The van der Waals surface area contributed by atoms with Gasteiger partial charge in [0.25, 0.3) is 0 Å². The van der Waals surface area contributed by atoms with Crippen molar-refractivity contribution in [1.29, 1.82) is 0 Å². The molecule has 3 rings (SSSR count). The molecule has 0 bridgehead atoms. The Kier molecular flexibility index (Phi) is 4.78. The molecule has 0 radical (unpaired) electrons. The fourth-order valence-electron chi connectivity index (χ4n) is 2.91. The van der Waals surface area contributed by atoms with Gasteiger partial charge >= 0.3 is 5.97 Å². The summed E-state index contributed by atoms with van der Waals surface area (Å²) in [6.07, 6.45) is 1.49. The Bertz CT molecular complexity index is 786. The molecule has 2 heterocycles. The maximum Gasteiger partial charge on any atom is 0.342 e. The van der Waals surface area contributed by atoms with Crippen molar-refractivity contribution in [2.45, 2.75) is 13.3 Å². The topological polar surface area (TPSA) is 75.3 Å². The van der Waals surface area contributed by atoms with Crippen LogP contribution in [0.1, 0.15) is 23.7 Å². The number of aromatic nitrogens is 2. The highest BCUT2D eigenvalue weighted by atomic mass is 19.1. The number of esters is 1. The fourth-order valence-corrected chi connectivity index (χ4v) is 2.91. The second-order valence-electron chi connectivity index (χ2n) is 5.86. The Morgan fingerprint density at radius 3 is 2.76 bits per heavy atom. The van der Waals surface area contributed by atoms with Crippen molar-refractivity contribution in [2.75, 3.05) is 19.7 Å². The van der Waals surface area contributed by atoms with E-state index in [0.29, 0.717) is 19.5 Å². The highest BCUT2D eigenvalue weighted by Gasteiger charge is 2.30. The number of ether oxygens (including phenoxy) is 1. The van der Waals surface area contributed by atoms with Crippen molar-refractivity contribution in [3.63, 3.8) is 0 Å². The standard InChI is InChI=1S/C17H17F2N3O3/c1-2-22-8-10(6-14(22)23)9-25-17(24)11-7-20-21-16(11)15-12(18)4-3-5-13(15)19/h3-5,7,10H,2,6,8-9H2,1H3,(H,20,21). The van der Waals surface area contributed by atoms with E-state index >= 15 is 0 Å². The van der Waals surface area contributed by atoms with E-state index in [-0.39, 0.29) is 35.3 Å². The third-order valence-corrected chi connectivity index (χ3v) is 4.20. The Morgan fingerprint density at radius 2 is 2.12 bits per heavy atom. The highest BCUT2D eigenvalue weighted by Crippen LogP contribution is 2.28. The summed E-state index contributed by atoms with van der Waals surface area (Å²) in [5, 5.41) is 6.14. The van der Waals surface area contributed by atoms with Crippen LogP contribution in [-0.2, 0) is 9.53 Å². The van der Waals surface area contributed by atoms with Crippen LogP contribution in [0.3, 0.4) is 0 Å². The summed E-state index contributed by atoms with van der Waals surface area (Å²) in [6, 6.07) is 3.43. The molecule has 0 spiro atoms. The molecule has 8 heteroatoms. The molecule has 1 amide bonds. The van der Waals surface area contributed by atoms with Gasteiger partial charge in [-0.2, -0.15) is 5.10 Å². The van der Waals surface area contributed by atoms with Crippen molar-refractivity contribution < 1.29 is 23.1 Å². The van der Waals surface area contributed by atoms with Gasteiger partial charge in [-0.1, -0.05) is 6.07 Å². The minimum Gasteiger partial charge on any atom is -0.462 e. The third-order valence-electron chi connectivity index (χ3n) is 4.20. The van der Waals surface area contributed by atoms with Crippen LogP contribution >= 0.6 is 0 Å². The van der Waals surface area contributed by atoms with Gasteiger partial charge in [-0.15, -0.1) is 0 Å². The zero-order valence-electron chi connectivity index (χ0n) is 13.6. The van der Waals surface area contributed by atoms with Gasteiger partial charge in [0.1, 0.15) is 17.2 Å². The summed E-state index contributed by atoms with van der Waals surface area (Å²) in [7, 11) is 0. The van der Waals surface area contributed by atoms with Crippen molar-refractivity contribution >= 4 is 11.9 Å². The van der Waals surface area contributed by atoms with Crippen molar-refractivity contribution in [2.24, 2.45) is 5.92 Å². The molecular formula is C17H17F2N3O3. The molecule has 1 aliphatic rings. The van der Waals surface area contributed by atoms with E-state index in [1.165, 1.54) is 12.3 Å². The molecule has 1 saturated heterocycles. The maximum atomic E-state index is 13.9. The first-order valence-electron chi connectivity index (χ1n) is 7.93. The van der Waals surface area contributed by atoms with E-state index in [1.54, 1.807) is 4.90 Å². The first-order chi connectivity index (χ1) is 12.0. The molecule has 25 heavy (non-hydrogen) atoms. The molecule has 2 aromatic rings. The summed E-state index contributed by atoms with van der Waals surface area (Å²) in [4.78, 5) is 25.7. The Balaban J connectivity index is 1.73. The minimum atomic E-state index is -0.807. The lowest BCUT2D eigenvalue weighted by Gasteiger charge is -2.13. The number of hydrogen-bond donors (Lipinski definition) is 1. The average molecular weight is 349 g/mol. The van der Waals surface area contributed by atoms with Gasteiger partial charge in [0.2, 0.25) is 5.91 Å². The number of halogens is 2. The summed E-state index contributed by atoms with van der Waals surface area (Å²) < 4.78 is 33.1. The predicted molar refractivity (Wildman–Crippen MR) is 84.6 cm³/mol. The number of carbonyl (C=O) groups is 2. The second kappa shape index (κ2) is 7.00. The molecule has 1 unspecified atom stereocenters. The summed E-state index contributed by atoms with van der Waals surface area (Å²) in [5.74, 6) is -2.41. The maximum absolute atomic E-state index is 13.9. The first kappa shape index (κ1) is 17.1. The molecule has 0 aliphatic carbocycles. The van der Waals surface area contributed by atoms with E-state index < -0.39 is 17.6 Å². The summed E-state index contributed by atoms with van der Waals surface area (Å²) in [5.41, 5.74) is -0.487. The molecule has 1 aromatic heterocycles. The number of aromatic amines is 1. The largest absolute Gasteiger partial charge is 0.462 e. The molecule has 1 fully saturated rings. The number of amides is 1. The van der Waals surface area contributed by atoms with Crippen molar-refractivity contribution in [1.82, 2.24) is 15.1 Å². The van der Waals surface area contributed by atoms with Gasteiger partial charge in [0, 0.05) is 25.4 Å². The van der Waals surface area contributed by atoms with Gasteiger partial charge in [-0.05, 0) is 19.1 Å². The number of H-pyrrole nitrogens is 1. The zero-order chi connectivity index (χ0) is 18.0. The molecule has 6 nitrogen and oxygen atoms in total. The predicted octanol–water partition coefficient (Wildman–Crippen LogP) is 2.38. The number of nitrogens with one attached hydrogen (secondary N) is 1. The van der Waals surface area contributed by atoms with E-state index in [9.17, 15) is 18.4 Å². The molecule has 0 saturated carbocycles. The van der Waals surface area contributed by atoms with Crippen LogP contribution < -0.4 is 0 Å². The average Bonchev–Trinajstić information content (AvgIpc) is 3.19. The second-order valence-corrected chi connectivity index (χ2v) is 5.86. The molecule has 1 N–H and O–H groups in total. The monoisotopic (exact) mass is 349 g/mol. The van der Waals surface area contributed by atoms with E-state index in [4.69, 9.17) is 4.74 Å². The summed E-state index contributed by atoms with van der Waals surface area (Å²) >= 11 is 0. The fraction of sp³-hybridized carbons (Fsp3) is 0.353. The highest BCUT2D eigenvalue weighted by molar-refractivity contribution is 5.96. The van der Waals surface area contributed by atoms with Crippen molar-refractivity contribution in [3.8, 4) is 11.3 Å². The number of nitrogens with zero attached hydrogens (tertiary/aromatic N) is 2. The van der Waals surface area contributed by atoms with Gasteiger partial charge in [-0.25, -0.2) is 13.6 Å². The molecule has 1 atom stereocenters. The quantitative estimate of drug-likeness (QED) is 0.841. The van der Waals surface area contributed by atoms with Gasteiger partial charge in [0.15, 0.2) is 0 Å². The molecule has 132 valence electrons. The van der Waals surface area contributed by atoms with Crippen molar-refractivity contribution in [3.05, 3.63) is 41.6 Å². The third kappa shape index (κ3) is 3.38. The zero-order valence-corrected chi connectivity index (χ0v) is 13.6. The number of carbonyl (C=O) groups excluding carboxylic acids is 2. The Morgan fingerprint density at radius 1 is 1.40 bits per heavy atom. The number of rotatable bonds is 5. The Hall–Kier alpha value is -2.77. The first-order valence-corrected chi connectivity index (χ1v) is 7.93. The molecule has 1 aliphatic heterocycles. The van der Waals surface area contributed by atoms with Gasteiger partial charge in [0.05, 0.1) is 24.1 Å². The number of benzene rings is 1. The van der Waals surface area contributed by atoms with Crippen LogP contribution in [0, 0.1) is 17.6 Å². The smallest absolute Gasteiger partial charge is 0.342 e.